The average molecular weight is 356 g/mol. The maximum atomic E-state index is 6.03. The van der Waals surface area contributed by atoms with Gasteiger partial charge in [-0.05, 0) is 36.4 Å². The molecular formula is C15H9Cl3N2S. The van der Waals surface area contributed by atoms with Gasteiger partial charge in [0.15, 0.2) is 5.13 Å². The number of aromatic nitrogens is 1. The maximum absolute atomic E-state index is 6.03. The highest BCUT2D eigenvalue weighted by Crippen LogP contribution is 2.31. The predicted octanol–water partition coefficient (Wildman–Crippen LogP) is 6.51. The van der Waals surface area contributed by atoms with Gasteiger partial charge in [0.25, 0.3) is 0 Å². The van der Waals surface area contributed by atoms with Crippen molar-refractivity contribution in [1.82, 2.24) is 4.98 Å². The zero-order valence-corrected chi connectivity index (χ0v) is 13.7. The monoisotopic (exact) mass is 354 g/mol. The fourth-order valence-corrected chi connectivity index (χ4v) is 2.94. The van der Waals surface area contributed by atoms with Gasteiger partial charge in [0.2, 0.25) is 0 Å². The number of nitrogens with zero attached hydrogens (tertiary/aromatic N) is 1. The van der Waals surface area contributed by atoms with E-state index in [1.54, 1.807) is 6.07 Å². The molecule has 0 aliphatic carbocycles. The van der Waals surface area contributed by atoms with Crippen LogP contribution in [-0.2, 0) is 0 Å². The lowest BCUT2D eigenvalue weighted by atomic mass is 10.2. The molecule has 106 valence electrons. The van der Waals surface area contributed by atoms with Gasteiger partial charge in [0.1, 0.15) is 0 Å². The summed E-state index contributed by atoms with van der Waals surface area (Å²) in [6.07, 6.45) is 0. The Hall–Kier alpha value is -1.26. The van der Waals surface area contributed by atoms with Crippen LogP contribution in [-0.4, -0.2) is 4.98 Å². The van der Waals surface area contributed by atoms with Crippen molar-refractivity contribution in [2.24, 2.45) is 0 Å². The Labute approximate surface area is 141 Å². The topological polar surface area (TPSA) is 24.9 Å². The Kier molecular flexibility index (Phi) is 4.36. The molecule has 0 bridgehead atoms. The van der Waals surface area contributed by atoms with Crippen LogP contribution in [0.25, 0.3) is 11.3 Å². The molecule has 0 atom stereocenters. The highest BCUT2D eigenvalue weighted by Gasteiger charge is 2.07. The third-order valence-electron chi connectivity index (χ3n) is 2.82. The van der Waals surface area contributed by atoms with Gasteiger partial charge in [0, 0.05) is 21.7 Å². The zero-order chi connectivity index (χ0) is 14.8. The van der Waals surface area contributed by atoms with Crippen molar-refractivity contribution in [3.8, 4) is 11.3 Å². The highest BCUT2D eigenvalue weighted by atomic mass is 35.5. The number of hydrogen-bond donors (Lipinski definition) is 1. The first kappa shape index (κ1) is 14.7. The summed E-state index contributed by atoms with van der Waals surface area (Å²) in [7, 11) is 0. The molecule has 0 spiro atoms. The highest BCUT2D eigenvalue weighted by molar-refractivity contribution is 7.14. The number of halogens is 3. The van der Waals surface area contributed by atoms with Crippen LogP contribution < -0.4 is 5.32 Å². The van der Waals surface area contributed by atoms with E-state index in [0.717, 1.165) is 22.1 Å². The van der Waals surface area contributed by atoms with Crippen molar-refractivity contribution in [3.63, 3.8) is 0 Å². The first-order valence-corrected chi connectivity index (χ1v) is 8.07. The second kappa shape index (κ2) is 6.24. The molecule has 0 unspecified atom stereocenters. The summed E-state index contributed by atoms with van der Waals surface area (Å²) < 4.78 is 0. The standard InChI is InChI=1S/C15H9Cl3N2S/c16-10-2-4-11(5-3-10)19-15-20-14(8-21-15)9-1-6-12(17)13(18)7-9/h1-8H,(H,19,20). The first-order chi connectivity index (χ1) is 10.1. The number of anilines is 2. The van der Waals surface area contributed by atoms with Crippen molar-refractivity contribution >= 4 is 57.0 Å². The van der Waals surface area contributed by atoms with Crippen molar-refractivity contribution < 1.29 is 0 Å². The number of thiazole rings is 1. The predicted molar refractivity (Wildman–Crippen MR) is 92.3 cm³/mol. The number of benzene rings is 2. The third-order valence-corrected chi connectivity index (χ3v) is 4.56. The zero-order valence-electron chi connectivity index (χ0n) is 10.6. The van der Waals surface area contributed by atoms with Crippen molar-refractivity contribution in [2.75, 3.05) is 5.32 Å². The molecule has 1 N–H and O–H groups in total. The fourth-order valence-electron chi connectivity index (χ4n) is 1.78. The Morgan fingerprint density at radius 2 is 1.67 bits per heavy atom. The van der Waals surface area contributed by atoms with E-state index < -0.39 is 0 Å². The Morgan fingerprint density at radius 1 is 0.905 bits per heavy atom. The number of nitrogens with one attached hydrogen (secondary N) is 1. The summed E-state index contributed by atoms with van der Waals surface area (Å²) in [5, 5.41) is 7.78. The van der Waals surface area contributed by atoms with Crippen LogP contribution >= 0.6 is 46.1 Å². The van der Waals surface area contributed by atoms with Crippen LogP contribution in [0.15, 0.2) is 47.8 Å². The van der Waals surface area contributed by atoms with Gasteiger partial charge < -0.3 is 5.32 Å². The summed E-state index contributed by atoms with van der Waals surface area (Å²) in [5.41, 5.74) is 2.73. The SMILES string of the molecule is Clc1ccc(Nc2nc(-c3ccc(Cl)c(Cl)c3)cs2)cc1. The summed E-state index contributed by atoms with van der Waals surface area (Å²) >= 11 is 19.3. The molecule has 3 aromatic rings. The Balaban J connectivity index is 1.82. The molecule has 0 saturated carbocycles. The van der Waals surface area contributed by atoms with Gasteiger partial charge in [-0.1, -0.05) is 40.9 Å². The molecule has 0 fully saturated rings. The van der Waals surface area contributed by atoms with Gasteiger partial charge in [-0.15, -0.1) is 11.3 Å². The Bertz CT molecular complexity index is 769. The van der Waals surface area contributed by atoms with Crippen LogP contribution in [0.4, 0.5) is 10.8 Å². The van der Waals surface area contributed by atoms with E-state index in [2.05, 4.69) is 10.3 Å². The Morgan fingerprint density at radius 3 is 2.38 bits per heavy atom. The summed E-state index contributed by atoms with van der Waals surface area (Å²) in [4.78, 5) is 4.54. The van der Waals surface area contributed by atoms with E-state index >= 15 is 0 Å². The van der Waals surface area contributed by atoms with E-state index in [1.165, 1.54) is 11.3 Å². The third kappa shape index (κ3) is 3.50. The minimum Gasteiger partial charge on any atom is -0.332 e. The van der Waals surface area contributed by atoms with Gasteiger partial charge in [-0.3, -0.25) is 0 Å². The lowest BCUT2D eigenvalue weighted by molar-refractivity contribution is 1.38. The minimum atomic E-state index is 0.523. The van der Waals surface area contributed by atoms with Gasteiger partial charge in [0.05, 0.1) is 15.7 Å². The van der Waals surface area contributed by atoms with E-state index in [0.29, 0.717) is 15.1 Å². The number of rotatable bonds is 3. The molecule has 21 heavy (non-hydrogen) atoms. The smallest absolute Gasteiger partial charge is 0.187 e. The molecule has 3 rings (SSSR count). The van der Waals surface area contributed by atoms with Crippen LogP contribution in [0.3, 0.4) is 0 Å². The summed E-state index contributed by atoms with van der Waals surface area (Å²) in [5.74, 6) is 0. The van der Waals surface area contributed by atoms with E-state index in [4.69, 9.17) is 34.8 Å². The van der Waals surface area contributed by atoms with Gasteiger partial charge in [-0.25, -0.2) is 4.98 Å². The largest absolute Gasteiger partial charge is 0.332 e. The quantitative estimate of drug-likeness (QED) is 0.579. The van der Waals surface area contributed by atoms with Gasteiger partial charge >= 0.3 is 0 Å². The molecule has 1 heterocycles. The van der Waals surface area contributed by atoms with Crippen LogP contribution in [0.5, 0.6) is 0 Å². The molecular weight excluding hydrogens is 347 g/mol. The van der Waals surface area contributed by atoms with E-state index in [-0.39, 0.29) is 0 Å². The molecule has 0 aliphatic heterocycles. The molecule has 2 aromatic carbocycles. The molecule has 2 nitrogen and oxygen atoms in total. The second-order valence-corrected chi connectivity index (χ2v) is 6.41. The summed E-state index contributed by atoms with van der Waals surface area (Å²) in [6, 6.07) is 12.9. The average Bonchev–Trinajstić information content (AvgIpc) is 2.93. The molecule has 0 saturated heterocycles. The first-order valence-electron chi connectivity index (χ1n) is 6.05. The van der Waals surface area contributed by atoms with E-state index in [1.807, 2.05) is 41.8 Å². The minimum absolute atomic E-state index is 0.523. The van der Waals surface area contributed by atoms with Crippen LogP contribution in [0, 0.1) is 0 Å². The molecule has 0 amide bonds. The maximum Gasteiger partial charge on any atom is 0.187 e. The van der Waals surface area contributed by atoms with Crippen LogP contribution in [0.1, 0.15) is 0 Å². The van der Waals surface area contributed by atoms with E-state index in [9.17, 15) is 0 Å². The molecule has 6 heteroatoms. The normalized spacial score (nSPS) is 10.6. The molecule has 0 radical (unpaired) electrons. The van der Waals surface area contributed by atoms with Gasteiger partial charge in [-0.2, -0.15) is 0 Å². The second-order valence-electron chi connectivity index (χ2n) is 4.30. The van der Waals surface area contributed by atoms with Crippen molar-refractivity contribution in [3.05, 3.63) is 62.9 Å². The lowest BCUT2D eigenvalue weighted by Gasteiger charge is -2.02. The fraction of sp³-hybridized carbons (Fsp3) is 0. The van der Waals surface area contributed by atoms with Crippen molar-refractivity contribution in [2.45, 2.75) is 0 Å². The molecule has 0 aliphatic rings. The van der Waals surface area contributed by atoms with Crippen LogP contribution in [0.2, 0.25) is 15.1 Å². The lowest BCUT2D eigenvalue weighted by Crippen LogP contribution is -1.89. The number of hydrogen-bond acceptors (Lipinski definition) is 3. The van der Waals surface area contributed by atoms with Crippen molar-refractivity contribution in [1.29, 1.82) is 0 Å². The summed E-state index contributed by atoms with van der Waals surface area (Å²) in [6.45, 7) is 0. The molecule has 1 aromatic heterocycles.